The molecule has 6 nitrogen and oxygen atoms in total. The number of imide groups is 1. The number of para-hydroxylation sites is 2. The van der Waals surface area contributed by atoms with Crippen LogP contribution in [0.5, 0.6) is 0 Å². The van der Waals surface area contributed by atoms with E-state index in [4.69, 9.17) is 16.6 Å². The van der Waals surface area contributed by atoms with Gasteiger partial charge in [0.2, 0.25) is 5.91 Å². The van der Waals surface area contributed by atoms with E-state index in [1.54, 1.807) is 24.3 Å². The van der Waals surface area contributed by atoms with Crippen molar-refractivity contribution in [3.63, 3.8) is 0 Å². The largest absolute Gasteiger partial charge is 0.342 e. The van der Waals surface area contributed by atoms with Crippen LogP contribution in [-0.4, -0.2) is 45.8 Å². The monoisotopic (exact) mass is 408 g/mol. The number of imidazole rings is 1. The molecule has 0 aliphatic carbocycles. The third kappa shape index (κ3) is 3.32. The van der Waals surface area contributed by atoms with Crippen LogP contribution in [0.2, 0.25) is 5.02 Å². The normalized spacial score (nSPS) is 21.4. The van der Waals surface area contributed by atoms with Gasteiger partial charge >= 0.3 is 0 Å². The molecule has 2 aliphatic heterocycles. The van der Waals surface area contributed by atoms with Crippen molar-refractivity contribution in [3.8, 4) is 0 Å². The zero-order chi connectivity index (χ0) is 20.0. The van der Waals surface area contributed by atoms with Crippen LogP contribution in [0.3, 0.4) is 0 Å². The summed E-state index contributed by atoms with van der Waals surface area (Å²) in [5, 5.41) is 0.512. The standard InChI is InChI=1S/C22H21ClN4O2/c23-15-4-3-5-16(12-15)27-20(28)13-19(22(27)29)26-10-8-14(9-11-26)21-24-17-6-1-2-7-18(17)25-21/h1-7,12,14,19H,8-11,13H2,(H,24,25)/t19-/m1/s1. The molecule has 0 spiro atoms. The summed E-state index contributed by atoms with van der Waals surface area (Å²) in [6, 6.07) is 14.5. The van der Waals surface area contributed by atoms with Gasteiger partial charge < -0.3 is 4.98 Å². The molecule has 2 fully saturated rings. The van der Waals surface area contributed by atoms with Gasteiger partial charge in [0.15, 0.2) is 0 Å². The van der Waals surface area contributed by atoms with Crippen molar-refractivity contribution in [2.75, 3.05) is 18.0 Å². The van der Waals surface area contributed by atoms with E-state index in [0.717, 1.165) is 42.8 Å². The molecule has 2 aromatic carbocycles. The quantitative estimate of drug-likeness (QED) is 0.670. The van der Waals surface area contributed by atoms with Crippen LogP contribution >= 0.6 is 11.6 Å². The average Bonchev–Trinajstić information content (AvgIpc) is 3.29. The third-order valence-corrected chi connectivity index (χ3v) is 6.19. The van der Waals surface area contributed by atoms with Gasteiger partial charge in [-0.3, -0.25) is 14.5 Å². The summed E-state index contributed by atoms with van der Waals surface area (Å²) in [6.45, 7) is 1.55. The Bertz CT molecular complexity index is 1050. The number of aromatic amines is 1. The first-order valence-corrected chi connectivity index (χ1v) is 10.3. The van der Waals surface area contributed by atoms with Crippen LogP contribution < -0.4 is 4.90 Å². The van der Waals surface area contributed by atoms with Crippen molar-refractivity contribution in [1.29, 1.82) is 0 Å². The molecule has 0 radical (unpaired) electrons. The number of rotatable bonds is 3. The summed E-state index contributed by atoms with van der Waals surface area (Å²) in [6.07, 6.45) is 2.05. The lowest BCUT2D eigenvalue weighted by Gasteiger charge is -2.34. The van der Waals surface area contributed by atoms with Crippen LogP contribution in [0, 0.1) is 0 Å². The molecule has 2 amide bonds. The Morgan fingerprint density at radius 2 is 1.83 bits per heavy atom. The van der Waals surface area contributed by atoms with Gasteiger partial charge in [-0.1, -0.05) is 29.8 Å². The number of fused-ring (bicyclic) bond motifs is 1. The number of benzene rings is 2. The number of carbonyl (C=O) groups excluding carboxylic acids is 2. The molecule has 0 bridgehead atoms. The minimum atomic E-state index is -0.391. The van der Waals surface area contributed by atoms with Crippen LogP contribution in [0.4, 0.5) is 5.69 Å². The first-order chi connectivity index (χ1) is 14.1. The predicted molar refractivity (Wildman–Crippen MR) is 112 cm³/mol. The Balaban J connectivity index is 1.28. The molecule has 148 valence electrons. The fraction of sp³-hybridized carbons (Fsp3) is 0.318. The van der Waals surface area contributed by atoms with Gasteiger partial charge in [0.05, 0.1) is 29.2 Å². The van der Waals surface area contributed by atoms with E-state index in [9.17, 15) is 9.59 Å². The summed E-state index contributed by atoms with van der Waals surface area (Å²) in [5.74, 6) is 1.04. The van der Waals surface area contributed by atoms with Crippen molar-refractivity contribution in [2.24, 2.45) is 0 Å². The number of hydrogen-bond acceptors (Lipinski definition) is 4. The van der Waals surface area contributed by atoms with Gasteiger partial charge in [0.25, 0.3) is 5.91 Å². The van der Waals surface area contributed by atoms with Crippen LogP contribution in [0.15, 0.2) is 48.5 Å². The van der Waals surface area contributed by atoms with Crippen molar-refractivity contribution in [3.05, 3.63) is 59.4 Å². The number of nitrogens with zero attached hydrogens (tertiary/aromatic N) is 3. The number of piperidine rings is 1. The third-order valence-electron chi connectivity index (χ3n) is 5.95. The van der Waals surface area contributed by atoms with Crippen molar-refractivity contribution in [1.82, 2.24) is 14.9 Å². The Morgan fingerprint density at radius 3 is 2.59 bits per heavy atom. The first kappa shape index (κ1) is 18.3. The highest BCUT2D eigenvalue weighted by Crippen LogP contribution is 2.32. The smallest absolute Gasteiger partial charge is 0.251 e. The van der Waals surface area contributed by atoms with E-state index >= 15 is 0 Å². The molecule has 1 atom stereocenters. The molecule has 3 aromatic rings. The molecule has 0 unspecified atom stereocenters. The van der Waals surface area contributed by atoms with Crippen molar-refractivity contribution < 1.29 is 9.59 Å². The van der Waals surface area contributed by atoms with E-state index in [1.165, 1.54) is 4.90 Å². The summed E-state index contributed by atoms with van der Waals surface area (Å²) < 4.78 is 0. The molecule has 5 rings (SSSR count). The lowest BCUT2D eigenvalue weighted by molar-refractivity contribution is -0.123. The van der Waals surface area contributed by atoms with Crippen LogP contribution in [0.1, 0.15) is 31.0 Å². The van der Waals surface area contributed by atoms with Crippen molar-refractivity contribution in [2.45, 2.75) is 31.2 Å². The average molecular weight is 409 g/mol. The maximum Gasteiger partial charge on any atom is 0.251 e. The van der Waals surface area contributed by atoms with Gasteiger partial charge in [0, 0.05) is 10.9 Å². The fourth-order valence-electron chi connectivity index (χ4n) is 4.44. The van der Waals surface area contributed by atoms with Gasteiger partial charge in [-0.15, -0.1) is 0 Å². The van der Waals surface area contributed by atoms with Crippen LogP contribution in [-0.2, 0) is 9.59 Å². The number of amides is 2. The van der Waals surface area contributed by atoms with Crippen LogP contribution in [0.25, 0.3) is 11.0 Å². The first-order valence-electron chi connectivity index (χ1n) is 9.91. The Morgan fingerprint density at radius 1 is 1.03 bits per heavy atom. The molecular formula is C22H21ClN4O2. The fourth-order valence-corrected chi connectivity index (χ4v) is 4.62. The minimum Gasteiger partial charge on any atom is -0.342 e. The van der Waals surface area contributed by atoms with Gasteiger partial charge in [-0.2, -0.15) is 0 Å². The number of aromatic nitrogens is 2. The SMILES string of the molecule is O=C1C[C@@H](N2CCC(c3nc4ccccc4[nH]3)CC2)C(=O)N1c1cccc(Cl)c1. The van der Waals surface area contributed by atoms with Crippen molar-refractivity contribution >= 4 is 40.1 Å². The summed E-state index contributed by atoms with van der Waals surface area (Å²) in [4.78, 5) is 37.1. The zero-order valence-electron chi connectivity index (χ0n) is 15.8. The topological polar surface area (TPSA) is 69.3 Å². The van der Waals surface area contributed by atoms with E-state index < -0.39 is 6.04 Å². The molecule has 0 saturated carbocycles. The van der Waals surface area contributed by atoms with E-state index in [0.29, 0.717) is 16.6 Å². The number of nitrogens with one attached hydrogen (secondary N) is 1. The summed E-state index contributed by atoms with van der Waals surface area (Å²) >= 11 is 6.04. The summed E-state index contributed by atoms with van der Waals surface area (Å²) in [5.41, 5.74) is 2.59. The number of likely N-dealkylation sites (tertiary alicyclic amines) is 1. The lowest BCUT2D eigenvalue weighted by atomic mass is 9.95. The van der Waals surface area contributed by atoms with E-state index in [2.05, 4.69) is 9.88 Å². The predicted octanol–water partition coefficient (Wildman–Crippen LogP) is 3.73. The van der Waals surface area contributed by atoms with Gasteiger partial charge in [-0.05, 0) is 56.3 Å². The summed E-state index contributed by atoms with van der Waals surface area (Å²) in [7, 11) is 0. The Labute approximate surface area is 173 Å². The lowest BCUT2D eigenvalue weighted by Crippen LogP contribution is -2.45. The molecule has 29 heavy (non-hydrogen) atoms. The maximum absolute atomic E-state index is 13.0. The number of hydrogen-bond donors (Lipinski definition) is 1. The molecular weight excluding hydrogens is 388 g/mol. The molecule has 2 saturated heterocycles. The number of H-pyrrole nitrogens is 1. The van der Waals surface area contributed by atoms with E-state index in [-0.39, 0.29) is 18.2 Å². The number of anilines is 1. The van der Waals surface area contributed by atoms with Gasteiger partial charge in [-0.25, -0.2) is 9.88 Å². The zero-order valence-corrected chi connectivity index (χ0v) is 16.6. The number of carbonyl (C=O) groups is 2. The minimum absolute atomic E-state index is 0.153. The highest BCUT2D eigenvalue weighted by Gasteiger charge is 2.43. The molecule has 1 aromatic heterocycles. The highest BCUT2D eigenvalue weighted by molar-refractivity contribution is 6.31. The highest BCUT2D eigenvalue weighted by atomic mass is 35.5. The second-order valence-corrected chi connectivity index (χ2v) is 8.15. The molecule has 2 aliphatic rings. The van der Waals surface area contributed by atoms with Gasteiger partial charge in [0.1, 0.15) is 5.82 Å². The molecule has 3 heterocycles. The molecule has 1 N–H and O–H groups in total. The Hall–Kier alpha value is -2.70. The number of halogens is 1. The second-order valence-electron chi connectivity index (χ2n) is 7.72. The Kier molecular flexibility index (Phi) is 4.60. The van der Waals surface area contributed by atoms with E-state index in [1.807, 2.05) is 24.3 Å². The second kappa shape index (κ2) is 7.28. The maximum atomic E-state index is 13.0. The molecule has 7 heteroatoms.